The van der Waals surface area contributed by atoms with Crippen LogP contribution in [0.2, 0.25) is 10.0 Å². The molecule has 0 aliphatic rings. The molecule has 0 aliphatic heterocycles. The number of benzene rings is 1. The van der Waals surface area contributed by atoms with Crippen LogP contribution in [0.15, 0.2) is 18.2 Å². The lowest BCUT2D eigenvalue weighted by molar-refractivity contribution is 0.644. The second kappa shape index (κ2) is 3.88. The highest BCUT2D eigenvalue weighted by Gasteiger charge is 2.37. The summed E-state index contributed by atoms with van der Waals surface area (Å²) in [7, 11) is 0. The topological polar surface area (TPSA) is 20.2 Å². The van der Waals surface area contributed by atoms with Gasteiger partial charge in [0.25, 0.3) is 0 Å². The Kier molecular flexibility index (Phi) is 3.50. The van der Waals surface area contributed by atoms with Gasteiger partial charge in [-0.1, -0.05) is 23.2 Å². The number of rotatable bonds is 1. The fraction of sp³-hybridized carbons (Fsp3) is 0. The maximum atomic E-state index is 9.28. The third kappa shape index (κ3) is 2.63. The highest BCUT2D eigenvalue weighted by atomic mass is 35.9. The lowest BCUT2D eigenvalue weighted by Crippen LogP contribution is -2.02. The molecular weight excluding hydrogens is 261 g/mol. The van der Waals surface area contributed by atoms with E-state index in [-0.39, 0.29) is 5.02 Å². The van der Waals surface area contributed by atoms with Gasteiger partial charge in [0.2, 0.25) is 0 Å². The van der Waals surface area contributed by atoms with E-state index < -0.39 is 6.19 Å². The van der Waals surface area contributed by atoms with Crippen molar-refractivity contribution in [3.8, 4) is 0 Å². The molecule has 0 saturated carbocycles. The third-order valence-corrected chi connectivity index (χ3v) is 3.94. The minimum absolute atomic E-state index is 0.281. The van der Waals surface area contributed by atoms with Crippen molar-refractivity contribution in [1.82, 2.24) is 0 Å². The van der Waals surface area contributed by atoms with Crippen molar-refractivity contribution < 1.29 is 4.89 Å². The Hall–Kier alpha value is 0.770. The summed E-state index contributed by atoms with van der Waals surface area (Å²) in [5, 5.41) is 1.09. The number of halogens is 4. The van der Waals surface area contributed by atoms with Crippen LogP contribution < -0.4 is 5.30 Å². The van der Waals surface area contributed by atoms with E-state index >= 15 is 0 Å². The second-order valence-corrected chi connectivity index (χ2v) is 7.83. The van der Waals surface area contributed by atoms with Crippen molar-refractivity contribution in [3.05, 3.63) is 28.2 Å². The smallest absolute Gasteiger partial charge is 0.210 e. The van der Waals surface area contributed by atoms with Gasteiger partial charge in [-0.3, -0.25) is 0 Å². The molecule has 0 aromatic heterocycles. The molecule has 0 saturated heterocycles. The van der Waals surface area contributed by atoms with E-state index in [9.17, 15) is 4.89 Å². The molecule has 1 N–H and O–H groups in total. The van der Waals surface area contributed by atoms with Crippen LogP contribution >= 0.6 is 51.9 Å². The average molecular weight is 265 g/mol. The minimum Gasteiger partial charge on any atom is -0.210 e. The molecular formula is C6H4Cl4OP+. The van der Waals surface area contributed by atoms with Gasteiger partial charge >= 0.3 is 6.19 Å². The SMILES string of the molecule is O[P+](Cl)(Cl)c1ccc(Cl)cc1Cl. The molecule has 0 amide bonds. The zero-order valence-electron chi connectivity index (χ0n) is 5.64. The van der Waals surface area contributed by atoms with Crippen LogP contribution in [0.1, 0.15) is 0 Å². The van der Waals surface area contributed by atoms with Crippen molar-refractivity contribution in [3.63, 3.8) is 0 Å². The van der Waals surface area contributed by atoms with E-state index in [0.29, 0.717) is 10.3 Å². The van der Waals surface area contributed by atoms with Crippen LogP contribution in [-0.2, 0) is 0 Å². The van der Waals surface area contributed by atoms with Crippen LogP contribution in [0.5, 0.6) is 0 Å². The fourth-order valence-electron chi connectivity index (χ4n) is 0.699. The van der Waals surface area contributed by atoms with Crippen LogP contribution in [0.25, 0.3) is 0 Å². The first-order valence-electron chi connectivity index (χ1n) is 2.88. The van der Waals surface area contributed by atoms with Gasteiger partial charge in [0, 0.05) is 5.02 Å². The molecule has 1 aromatic rings. The molecule has 0 fully saturated rings. The normalized spacial score (nSPS) is 11.8. The third-order valence-electron chi connectivity index (χ3n) is 1.20. The molecule has 66 valence electrons. The van der Waals surface area contributed by atoms with Gasteiger partial charge in [-0.25, -0.2) is 4.89 Å². The summed E-state index contributed by atoms with van der Waals surface area (Å²) in [4.78, 5) is 9.28. The Morgan fingerprint density at radius 1 is 1.17 bits per heavy atom. The lowest BCUT2D eigenvalue weighted by Gasteiger charge is -2.02. The van der Waals surface area contributed by atoms with Crippen LogP contribution in [0, 0.1) is 0 Å². The molecule has 0 atom stereocenters. The summed E-state index contributed by atoms with van der Waals surface area (Å²) in [5.74, 6) is 0. The molecule has 12 heavy (non-hydrogen) atoms. The van der Waals surface area contributed by atoms with Crippen molar-refractivity contribution in [2.45, 2.75) is 0 Å². The van der Waals surface area contributed by atoms with E-state index in [1.807, 2.05) is 0 Å². The fourth-order valence-corrected chi connectivity index (χ4v) is 3.19. The Balaban J connectivity index is 3.19. The van der Waals surface area contributed by atoms with E-state index in [1.54, 1.807) is 6.07 Å². The second-order valence-electron chi connectivity index (χ2n) is 2.08. The summed E-state index contributed by atoms with van der Waals surface area (Å²) < 4.78 is 0. The van der Waals surface area contributed by atoms with Gasteiger partial charge in [0.05, 0.1) is 5.02 Å². The summed E-state index contributed by atoms with van der Waals surface area (Å²) in [6, 6.07) is 4.56. The predicted octanol–water partition coefficient (Wildman–Crippen LogP) is 3.85. The van der Waals surface area contributed by atoms with Gasteiger partial charge in [0.15, 0.2) is 5.30 Å². The predicted molar refractivity (Wildman–Crippen MR) is 56.9 cm³/mol. The molecule has 0 unspecified atom stereocenters. The zero-order chi connectivity index (χ0) is 9.35. The number of hydrogen-bond acceptors (Lipinski definition) is 1. The molecule has 1 aromatic carbocycles. The summed E-state index contributed by atoms with van der Waals surface area (Å²) in [5.41, 5.74) is 0. The van der Waals surface area contributed by atoms with E-state index in [0.717, 1.165) is 0 Å². The van der Waals surface area contributed by atoms with Gasteiger partial charge in [-0.15, -0.1) is 0 Å². The Morgan fingerprint density at radius 3 is 2.17 bits per heavy atom. The van der Waals surface area contributed by atoms with Crippen LogP contribution in [0.3, 0.4) is 0 Å². The first kappa shape index (κ1) is 10.8. The van der Waals surface area contributed by atoms with E-state index in [4.69, 9.17) is 45.7 Å². The highest BCUT2D eigenvalue weighted by Crippen LogP contribution is 2.64. The first-order chi connectivity index (χ1) is 5.41. The average Bonchev–Trinajstić information content (AvgIpc) is 1.83. The molecule has 6 heteroatoms. The summed E-state index contributed by atoms with van der Waals surface area (Å²) >= 11 is 22.4. The van der Waals surface area contributed by atoms with Crippen molar-refractivity contribution in [1.29, 1.82) is 0 Å². The summed E-state index contributed by atoms with van der Waals surface area (Å²) in [6.45, 7) is 0. The molecule has 1 rings (SSSR count). The molecule has 1 nitrogen and oxygen atoms in total. The largest absolute Gasteiger partial charge is 0.370 e. The van der Waals surface area contributed by atoms with E-state index in [1.165, 1.54) is 12.1 Å². The molecule has 0 spiro atoms. The van der Waals surface area contributed by atoms with Gasteiger partial charge in [0.1, 0.15) is 22.5 Å². The van der Waals surface area contributed by atoms with Crippen molar-refractivity contribution in [2.24, 2.45) is 0 Å². The lowest BCUT2D eigenvalue weighted by atomic mass is 10.4. The standard InChI is InChI=1S/C6H4Cl4OP/c7-4-1-2-6(5(8)3-4)12(9,10)11/h1-3,11H/q+1. The Bertz CT molecular complexity index is 296. The van der Waals surface area contributed by atoms with Gasteiger partial charge in [-0.05, 0) is 18.2 Å². The van der Waals surface area contributed by atoms with Crippen LogP contribution in [-0.4, -0.2) is 4.89 Å². The maximum absolute atomic E-state index is 9.28. The van der Waals surface area contributed by atoms with Crippen LogP contribution in [0.4, 0.5) is 0 Å². The van der Waals surface area contributed by atoms with Gasteiger partial charge in [-0.2, -0.15) is 0 Å². The van der Waals surface area contributed by atoms with Crippen molar-refractivity contribution in [2.75, 3.05) is 0 Å². The Morgan fingerprint density at radius 2 is 1.75 bits per heavy atom. The molecule has 0 aliphatic carbocycles. The Labute approximate surface area is 90.2 Å². The molecule has 0 bridgehead atoms. The highest BCUT2D eigenvalue weighted by molar-refractivity contribution is 8.18. The quantitative estimate of drug-likeness (QED) is 0.764. The number of hydrogen-bond donors (Lipinski definition) is 1. The van der Waals surface area contributed by atoms with Crippen molar-refractivity contribution >= 4 is 57.2 Å². The van der Waals surface area contributed by atoms with Gasteiger partial charge < -0.3 is 0 Å². The molecule has 0 radical (unpaired) electrons. The first-order valence-corrected chi connectivity index (χ1v) is 7.19. The minimum atomic E-state index is -3.07. The summed E-state index contributed by atoms with van der Waals surface area (Å²) in [6.07, 6.45) is -3.07. The van der Waals surface area contributed by atoms with E-state index in [2.05, 4.69) is 0 Å². The zero-order valence-corrected chi connectivity index (χ0v) is 9.56. The monoisotopic (exact) mass is 263 g/mol. The molecule has 0 heterocycles. The maximum Gasteiger partial charge on any atom is 0.370 e.